The van der Waals surface area contributed by atoms with Crippen molar-refractivity contribution in [2.45, 2.75) is 25.7 Å². The van der Waals surface area contributed by atoms with E-state index in [9.17, 15) is 9.59 Å². The molecule has 174 valence electrons. The Labute approximate surface area is 199 Å². The maximum absolute atomic E-state index is 14.0. The number of rotatable bonds is 7. The van der Waals surface area contributed by atoms with Gasteiger partial charge in [-0.1, -0.05) is 36.7 Å². The van der Waals surface area contributed by atoms with Crippen LogP contribution in [-0.4, -0.2) is 48.9 Å². The molecule has 1 aromatic heterocycles. The Morgan fingerprint density at radius 3 is 2.67 bits per heavy atom. The Hall–Kier alpha value is -2.83. The van der Waals surface area contributed by atoms with Crippen molar-refractivity contribution in [3.8, 4) is 0 Å². The lowest BCUT2D eigenvalue weighted by molar-refractivity contribution is -0.128. The van der Waals surface area contributed by atoms with Crippen LogP contribution in [0.4, 0.5) is 5.69 Å². The van der Waals surface area contributed by atoms with Crippen molar-refractivity contribution in [1.82, 2.24) is 9.88 Å². The molecule has 33 heavy (non-hydrogen) atoms. The molecule has 6 nitrogen and oxygen atoms in total. The summed E-state index contributed by atoms with van der Waals surface area (Å²) in [7, 11) is 4.07. The Kier molecular flexibility index (Phi) is 6.77. The Morgan fingerprint density at radius 2 is 1.97 bits per heavy atom. The molecule has 0 saturated carbocycles. The van der Waals surface area contributed by atoms with Gasteiger partial charge in [-0.2, -0.15) is 0 Å². The molecule has 0 radical (unpaired) electrons. The fourth-order valence-electron chi connectivity index (χ4n) is 5.01. The normalized spacial score (nSPS) is 17.7. The van der Waals surface area contributed by atoms with Crippen LogP contribution in [0.5, 0.6) is 0 Å². The number of nitrogens with two attached hydrogens (primary N) is 1. The van der Waals surface area contributed by atoms with E-state index in [0.717, 1.165) is 40.8 Å². The van der Waals surface area contributed by atoms with Gasteiger partial charge < -0.3 is 20.5 Å². The fourth-order valence-corrected chi connectivity index (χ4v) is 5.21. The van der Waals surface area contributed by atoms with E-state index >= 15 is 0 Å². The number of H-pyrrole nitrogens is 1. The molecule has 0 fully saturated rings. The number of hydrogen-bond acceptors (Lipinski definition) is 3. The van der Waals surface area contributed by atoms with Gasteiger partial charge in [0.05, 0.1) is 5.92 Å². The van der Waals surface area contributed by atoms with Gasteiger partial charge in [0.2, 0.25) is 11.8 Å². The van der Waals surface area contributed by atoms with Crippen molar-refractivity contribution in [2.24, 2.45) is 17.6 Å². The van der Waals surface area contributed by atoms with Gasteiger partial charge >= 0.3 is 0 Å². The van der Waals surface area contributed by atoms with Crippen LogP contribution in [0.2, 0.25) is 5.02 Å². The second kappa shape index (κ2) is 9.57. The first-order valence-electron chi connectivity index (χ1n) is 11.3. The predicted molar refractivity (Wildman–Crippen MR) is 134 cm³/mol. The molecular weight excluding hydrogens is 436 g/mol. The lowest BCUT2D eigenvalue weighted by atomic mass is 9.84. The number of amides is 2. The van der Waals surface area contributed by atoms with E-state index in [1.54, 1.807) is 0 Å². The molecule has 3 atom stereocenters. The third-order valence-electron chi connectivity index (χ3n) is 6.55. The van der Waals surface area contributed by atoms with E-state index in [-0.39, 0.29) is 24.2 Å². The number of nitrogens with zero attached hydrogens (tertiary/aromatic N) is 2. The van der Waals surface area contributed by atoms with E-state index in [1.807, 2.05) is 68.4 Å². The summed E-state index contributed by atoms with van der Waals surface area (Å²) >= 11 is 6.28. The first-order chi connectivity index (χ1) is 15.7. The van der Waals surface area contributed by atoms with E-state index in [2.05, 4.69) is 16.0 Å². The van der Waals surface area contributed by atoms with Crippen LogP contribution in [-0.2, 0) is 16.0 Å². The minimum absolute atomic E-state index is 0.00681. The molecule has 1 aliphatic rings. The molecule has 2 amide bonds. The first kappa shape index (κ1) is 23.3. The van der Waals surface area contributed by atoms with Crippen molar-refractivity contribution in [1.29, 1.82) is 0 Å². The maximum Gasteiger partial charge on any atom is 0.231 e. The van der Waals surface area contributed by atoms with E-state index in [1.165, 1.54) is 0 Å². The number of para-hydroxylation sites is 1. The molecule has 4 rings (SSSR count). The van der Waals surface area contributed by atoms with Gasteiger partial charge in [-0.15, -0.1) is 0 Å². The first-order valence-corrected chi connectivity index (χ1v) is 11.7. The number of fused-ring (bicyclic) bond motifs is 2. The molecule has 3 aromatic rings. The van der Waals surface area contributed by atoms with Crippen LogP contribution >= 0.6 is 11.6 Å². The molecule has 0 bridgehead atoms. The summed E-state index contributed by atoms with van der Waals surface area (Å²) in [6.45, 7) is 3.44. The zero-order valence-electron chi connectivity index (χ0n) is 19.3. The number of benzene rings is 2. The summed E-state index contributed by atoms with van der Waals surface area (Å²) in [4.78, 5) is 33.4. The Balaban J connectivity index is 1.69. The highest BCUT2D eigenvalue weighted by Gasteiger charge is 2.36. The third-order valence-corrected chi connectivity index (χ3v) is 6.79. The minimum Gasteiger partial charge on any atom is -0.370 e. The number of hydrogen-bond donors (Lipinski definition) is 2. The lowest BCUT2D eigenvalue weighted by Crippen LogP contribution is -2.47. The van der Waals surface area contributed by atoms with Gasteiger partial charge in [0.25, 0.3) is 0 Å². The van der Waals surface area contributed by atoms with Crippen molar-refractivity contribution in [2.75, 3.05) is 32.1 Å². The Bertz CT molecular complexity index is 1140. The fraction of sp³-hybridized carbons (Fsp3) is 0.385. The SMILES string of the molecule is CC(c1cc2ccccc2[nH]1)C(CC(N)=O)C(=O)N1C[C@@H](CN(C)C)Cc2cc(Cl)ccc21. The molecule has 0 saturated heterocycles. The Morgan fingerprint density at radius 1 is 1.21 bits per heavy atom. The summed E-state index contributed by atoms with van der Waals surface area (Å²) in [5, 5.41) is 1.74. The number of halogens is 1. The summed E-state index contributed by atoms with van der Waals surface area (Å²) in [5.74, 6) is -1.06. The predicted octanol–water partition coefficient (Wildman–Crippen LogP) is 4.18. The standard InChI is InChI=1S/C26H31ClN4O2/c1-16(23-12-18-6-4-5-7-22(18)29-23)21(13-25(28)32)26(33)31-15-17(14-30(2)3)10-19-11-20(27)8-9-24(19)31/h4-9,11-12,16-17,21,29H,10,13-15H2,1-3H3,(H2,28,32)/t16?,17-,21?/m1/s1. The van der Waals surface area contributed by atoms with Crippen LogP contribution in [0.3, 0.4) is 0 Å². The second-order valence-electron chi connectivity index (χ2n) is 9.43. The molecule has 2 aromatic carbocycles. The summed E-state index contributed by atoms with van der Waals surface area (Å²) < 4.78 is 0. The van der Waals surface area contributed by atoms with Crippen LogP contribution in [0.25, 0.3) is 10.9 Å². The van der Waals surface area contributed by atoms with Gasteiger partial charge in [-0.3, -0.25) is 9.59 Å². The molecule has 1 aliphatic heterocycles. The lowest BCUT2D eigenvalue weighted by Gasteiger charge is -2.38. The quantitative estimate of drug-likeness (QED) is 0.547. The van der Waals surface area contributed by atoms with Crippen molar-refractivity contribution < 1.29 is 9.59 Å². The molecule has 0 aliphatic carbocycles. The van der Waals surface area contributed by atoms with Crippen LogP contribution in [0.1, 0.15) is 30.5 Å². The van der Waals surface area contributed by atoms with Gasteiger partial charge in [0.1, 0.15) is 0 Å². The van der Waals surface area contributed by atoms with Gasteiger partial charge in [0, 0.05) is 47.3 Å². The van der Waals surface area contributed by atoms with E-state index in [0.29, 0.717) is 11.6 Å². The number of carbonyl (C=O) groups is 2. The van der Waals surface area contributed by atoms with Gasteiger partial charge in [-0.05, 0) is 67.7 Å². The van der Waals surface area contributed by atoms with Crippen LogP contribution < -0.4 is 10.6 Å². The highest BCUT2D eigenvalue weighted by molar-refractivity contribution is 6.30. The summed E-state index contributed by atoms with van der Waals surface area (Å²) in [5.41, 5.74) is 9.48. The number of aromatic amines is 1. The van der Waals surface area contributed by atoms with Crippen molar-refractivity contribution >= 4 is 40.0 Å². The summed E-state index contributed by atoms with van der Waals surface area (Å²) in [6, 6.07) is 15.7. The number of nitrogens with one attached hydrogen (secondary N) is 1. The highest BCUT2D eigenvalue weighted by Crippen LogP contribution is 2.36. The monoisotopic (exact) mass is 466 g/mol. The number of anilines is 1. The average Bonchev–Trinajstić information content (AvgIpc) is 3.19. The zero-order chi connectivity index (χ0) is 23.7. The topological polar surface area (TPSA) is 82.4 Å². The number of aromatic nitrogens is 1. The average molecular weight is 467 g/mol. The van der Waals surface area contributed by atoms with Gasteiger partial charge in [-0.25, -0.2) is 0 Å². The smallest absolute Gasteiger partial charge is 0.231 e. The van der Waals surface area contributed by atoms with Gasteiger partial charge in [0.15, 0.2) is 0 Å². The minimum atomic E-state index is -0.572. The molecule has 7 heteroatoms. The number of primary amides is 1. The third kappa shape index (κ3) is 5.07. The van der Waals surface area contributed by atoms with Crippen LogP contribution in [0.15, 0.2) is 48.5 Å². The zero-order valence-corrected chi connectivity index (χ0v) is 20.1. The van der Waals surface area contributed by atoms with Crippen LogP contribution in [0, 0.1) is 11.8 Å². The molecule has 2 heterocycles. The second-order valence-corrected chi connectivity index (χ2v) is 9.87. The van der Waals surface area contributed by atoms with Crippen molar-refractivity contribution in [3.05, 3.63) is 64.8 Å². The van der Waals surface area contributed by atoms with E-state index < -0.39 is 11.8 Å². The van der Waals surface area contributed by atoms with Crippen molar-refractivity contribution in [3.63, 3.8) is 0 Å². The number of carbonyl (C=O) groups excluding carboxylic acids is 2. The largest absolute Gasteiger partial charge is 0.370 e. The maximum atomic E-state index is 14.0. The molecule has 3 N–H and O–H groups in total. The highest BCUT2D eigenvalue weighted by atomic mass is 35.5. The molecule has 2 unspecified atom stereocenters. The molecule has 0 spiro atoms. The van der Waals surface area contributed by atoms with E-state index in [4.69, 9.17) is 17.3 Å². The summed E-state index contributed by atoms with van der Waals surface area (Å²) in [6.07, 6.45) is 0.850. The molecular formula is C26H31ClN4O2.